The van der Waals surface area contributed by atoms with Crippen molar-refractivity contribution in [3.8, 4) is 16.9 Å². The van der Waals surface area contributed by atoms with Gasteiger partial charge in [0.05, 0.1) is 18.3 Å². The number of benzene rings is 2. The van der Waals surface area contributed by atoms with Gasteiger partial charge in [0.2, 0.25) is 0 Å². The number of rotatable bonds is 6. The van der Waals surface area contributed by atoms with Gasteiger partial charge in [-0.1, -0.05) is 6.07 Å². The smallest absolute Gasteiger partial charge is 0.254 e. The average molecular weight is 391 g/mol. The van der Waals surface area contributed by atoms with Gasteiger partial charge in [-0.3, -0.25) is 4.79 Å². The van der Waals surface area contributed by atoms with Crippen molar-refractivity contribution in [2.45, 2.75) is 18.4 Å². The molecule has 0 spiro atoms. The van der Waals surface area contributed by atoms with Crippen LogP contribution in [0.2, 0.25) is 0 Å². The third-order valence-electron chi connectivity index (χ3n) is 5.11. The Hall–Kier alpha value is -2.51. The predicted octanol–water partition coefficient (Wildman–Crippen LogP) is 3.57. The Bertz CT molecular complexity index is 850. The summed E-state index contributed by atoms with van der Waals surface area (Å²) in [5, 5.41) is 2.74. The molecular weight excluding hydrogens is 368 g/mol. The second-order valence-electron chi connectivity index (χ2n) is 6.72. The highest BCUT2D eigenvalue weighted by atomic mass is 19.1. The van der Waals surface area contributed by atoms with Gasteiger partial charge in [0.1, 0.15) is 17.4 Å². The molecule has 2 aromatic rings. The molecule has 0 radical (unpaired) electrons. The Balaban J connectivity index is 1.74. The first-order chi connectivity index (χ1) is 13.5. The molecule has 0 aliphatic carbocycles. The normalized spacial score (nSPS) is 15.9. The number of hydrogen-bond donors (Lipinski definition) is 1. The van der Waals surface area contributed by atoms with Gasteiger partial charge in [-0.05, 0) is 29.8 Å². The molecule has 5 nitrogen and oxygen atoms in total. The molecule has 2 aromatic carbocycles. The van der Waals surface area contributed by atoms with Crippen LogP contribution in [-0.2, 0) is 9.47 Å². The Morgan fingerprint density at radius 2 is 1.86 bits per heavy atom. The number of methoxy groups -OCH3 is 2. The predicted molar refractivity (Wildman–Crippen MR) is 100 cm³/mol. The van der Waals surface area contributed by atoms with Gasteiger partial charge < -0.3 is 19.5 Å². The fraction of sp³-hybridized carbons (Fsp3) is 0.381. The second kappa shape index (κ2) is 8.67. The van der Waals surface area contributed by atoms with Gasteiger partial charge in [0.25, 0.3) is 5.91 Å². The standard InChI is InChI=1S/C21H23F2NO4/c1-26-15-4-6-16(19(23)12-15)14-3-5-17(18(22)11-14)20(25)24-13-21(27-2)7-9-28-10-8-21/h3-6,11-12H,7-10,13H2,1-2H3,(H,24,25). The van der Waals surface area contributed by atoms with Crippen LogP contribution in [0.3, 0.4) is 0 Å². The van der Waals surface area contributed by atoms with Crippen LogP contribution in [0.15, 0.2) is 36.4 Å². The van der Waals surface area contributed by atoms with Crippen LogP contribution in [0.1, 0.15) is 23.2 Å². The summed E-state index contributed by atoms with van der Waals surface area (Å²) in [5.41, 5.74) is -0.0357. The third-order valence-corrected chi connectivity index (χ3v) is 5.11. The van der Waals surface area contributed by atoms with Gasteiger partial charge in [-0.25, -0.2) is 8.78 Å². The lowest BCUT2D eigenvalue weighted by Crippen LogP contribution is -2.48. The lowest BCUT2D eigenvalue weighted by atomic mass is 9.94. The first-order valence-electron chi connectivity index (χ1n) is 9.02. The zero-order chi connectivity index (χ0) is 20.1. The maximum absolute atomic E-state index is 14.5. The van der Waals surface area contributed by atoms with Gasteiger partial charge >= 0.3 is 0 Å². The SMILES string of the molecule is COc1ccc(-c2ccc(C(=O)NCC3(OC)CCOCC3)c(F)c2)c(F)c1. The molecule has 1 fully saturated rings. The molecule has 0 atom stereocenters. The van der Waals surface area contributed by atoms with E-state index in [1.165, 1.54) is 31.4 Å². The van der Waals surface area contributed by atoms with Crippen molar-refractivity contribution < 1.29 is 27.8 Å². The number of halogens is 2. The molecular formula is C21H23F2NO4. The van der Waals surface area contributed by atoms with Crippen LogP contribution in [0.4, 0.5) is 8.78 Å². The summed E-state index contributed by atoms with van der Waals surface area (Å²) in [6.07, 6.45) is 1.31. The summed E-state index contributed by atoms with van der Waals surface area (Å²) in [6, 6.07) is 8.36. The van der Waals surface area contributed by atoms with Gasteiger partial charge in [0, 0.05) is 51.3 Å². The van der Waals surface area contributed by atoms with E-state index in [9.17, 15) is 13.6 Å². The highest BCUT2D eigenvalue weighted by Crippen LogP contribution is 2.28. The first kappa shape index (κ1) is 20.2. The fourth-order valence-corrected chi connectivity index (χ4v) is 3.26. The Labute approximate surface area is 162 Å². The van der Waals surface area contributed by atoms with Crippen molar-refractivity contribution in [2.75, 3.05) is 34.0 Å². The number of carbonyl (C=O) groups excluding carboxylic acids is 1. The number of hydrogen-bond acceptors (Lipinski definition) is 4. The Kier molecular flexibility index (Phi) is 6.26. The van der Waals surface area contributed by atoms with E-state index in [0.29, 0.717) is 37.4 Å². The number of nitrogens with one attached hydrogen (secondary N) is 1. The summed E-state index contributed by atoms with van der Waals surface area (Å²) in [4.78, 5) is 12.4. The molecule has 0 bridgehead atoms. The number of carbonyl (C=O) groups is 1. The second-order valence-corrected chi connectivity index (χ2v) is 6.72. The first-order valence-corrected chi connectivity index (χ1v) is 9.02. The molecule has 7 heteroatoms. The largest absolute Gasteiger partial charge is 0.497 e. The van der Waals surface area contributed by atoms with Crippen LogP contribution in [-0.4, -0.2) is 45.5 Å². The molecule has 0 unspecified atom stereocenters. The summed E-state index contributed by atoms with van der Waals surface area (Å²) < 4.78 is 44.6. The minimum absolute atomic E-state index is 0.101. The Morgan fingerprint density at radius 3 is 2.46 bits per heavy atom. The molecule has 0 saturated carbocycles. The highest BCUT2D eigenvalue weighted by Gasteiger charge is 2.33. The Morgan fingerprint density at radius 1 is 1.11 bits per heavy atom. The highest BCUT2D eigenvalue weighted by molar-refractivity contribution is 5.95. The van der Waals surface area contributed by atoms with E-state index >= 15 is 0 Å². The van der Waals surface area contributed by atoms with Crippen LogP contribution in [0, 0.1) is 11.6 Å². The average Bonchev–Trinajstić information content (AvgIpc) is 2.72. The molecule has 1 saturated heterocycles. The van der Waals surface area contributed by atoms with Crippen molar-refractivity contribution in [1.82, 2.24) is 5.32 Å². The molecule has 1 aliphatic heterocycles. The van der Waals surface area contributed by atoms with E-state index in [0.717, 1.165) is 6.07 Å². The fourth-order valence-electron chi connectivity index (χ4n) is 3.26. The molecule has 1 N–H and O–H groups in total. The van der Waals surface area contributed by atoms with Gasteiger partial charge in [-0.2, -0.15) is 0 Å². The van der Waals surface area contributed by atoms with E-state index < -0.39 is 23.1 Å². The van der Waals surface area contributed by atoms with Gasteiger partial charge in [-0.15, -0.1) is 0 Å². The topological polar surface area (TPSA) is 56.8 Å². The molecule has 28 heavy (non-hydrogen) atoms. The molecule has 1 amide bonds. The van der Waals surface area contributed by atoms with E-state index in [1.807, 2.05) is 0 Å². The summed E-state index contributed by atoms with van der Waals surface area (Å²) >= 11 is 0. The maximum atomic E-state index is 14.5. The van der Waals surface area contributed by atoms with Crippen molar-refractivity contribution in [2.24, 2.45) is 0 Å². The lowest BCUT2D eigenvalue weighted by Gasteiger charge is -2.35. The van der Waals surface area contributed by atoms with Crippen molar-refractivity contribution in [3.05, 3.63) is 53.6 Å². The van der Waals surface area contributed by atoms with Crippen molar-refractivity contribution >= 4 is 5.91 Å². The van der Waals surface area contributed by atoms with Crippen molar-refractivity contribution in [3.63, 3.8) is 0 Å². The van der Waals surface area contributed by atoms with Crippen LogP contribution in [0.25, 0.3) is 11.1 Å². The molecule has 150 valence electrons. The third kappa shape index (κ3) is 4.31. The number of ether oxygens (including phenoxy) is 3. The minimum atomic E-state index is -0.719. The zero-order valence-electron chi connectivity index (χ0n) is 15.9. The van der Waals surface area contributed by atoms with Crippen molar-refractivity contribution in [1.29, 1.82) is 0 Å². The monoisotopic (exact) mass is 391 g/mol. The van der Waals surface area contributed by atoms with E-state index in [1.54, 1.807) is 13.2 Å². The molecule has 0 aromatic heterocycles. The summed E-state index contributed by atoms with van der Waals surface area (Å²) in [5.74, 6) is -1.42. The molecule has 1 aliphatic rings. The zero-order valence-corrected chi connectivity index (χ0v) is 15.9. The summed E-state index contributed by atoms with van der Waals surface area (Å²) in [7, 11) is 3.03. The molecule has 3 rings (SSSR count). The van der Waals surface area contributed by atoms with Gasteiger partial charge in [0.15, 0.2) is 0 Å². The lowest BCUT2D eigenvalue weighted by molar-refractivity contribution is -0.0864. The molecule has 1 heterocycles. The minimum Gasteiger partial charge on any atom is -0.497 e. The van der Waals surface area contributed by atoms with E-state index in [2.05, 4.69) is 5.32 Å². The quantitative estimate of drug-likeness (QED) is 0.818. The van der Waals surface area contributed by atoms with Crippen LogP contribution < -0.4 is 10.1 Å². The van der Waals surface area contributed by atoms with Crippen LogP contribution >= 0.6 is 0 Å². The van der Waals surface area contributed by atoms with Crippen LogP contribution in [0.5, 0.6) is 5.75 Å². The van der Waals surface area contributed by atoms with E-state index in [4.69, 9.17) is 14.2 Å². The maximum Gasteiger partial charge on any atom is 0.254 e. The summed E-state index contributed by atoms with van der Waals surface area (Å²) in [6.45, 7) is 1.38. The number of amides is 1. The van der Waals surface area contributed by atoms with E-state index in [-0.39, 0.29) is 17.7 Å².